The fourth-order valence-corrected chi connectivity index (χ4v) is 2.83. The van der Waals surface area contributed by atoms with Gasteiger partial charge in [0.15, 0.2) is 0 Å². The van der Waals surface area contributed by atoms with Crippen LogP contribution in [0, 0.1) is 0 Å². The maximum absolute atomic E-state index is 12.5. The number of anilines is 1. The van der Waals surface area contributed by atoms with Crippen LogP contribution in [0.1, 0.15) is 23.2 Å². The molecular formula is C17H22N4O2. The summed E-state index contributed by atoms with van der Waals surface area (Å²) in [6, 6.07) is 9.41. The summed E-state index contributed by atoms with van der Waals surface area (Å²) in [5.41, 5.74) is 1.57. The summed E-state index contributed by atoms with van der Waals surface area (Å²) in [4.78, 5) is 14.3. The number of aliphatic hydroxyl groups is 1. The molecule has 23 heavy (non-hydrogen) atoms. The zero-order valence-corrected chi connectivity index (χ0v) is 13.1. The lowest BCUT2D eigenvalue weighted by atomic mass is 10.1. The minimum atomic E-state index is -0.400. The minimum Gasteiger partial charge on any atom is -0.391 e. The third-order valence-corrected chi connectivity index (χ3v) is 4.02. The van der Waals surface area contributed by atoms with E-state index in [-0.39, 0.29) is 5.91 Å². The van der Waals surface area contributed by atoms with Crippen LogP contribution < -0.4 is 5.32 Å². The van der Waals surface area contributed by atoms with E-state index in [1.807, 2.05) is 41.2 Å². The van der Waals surface area contributed by atoms with Crippen molar-refractivity contribution in [2.45, 2.75) is 25.5 Å². The van der Waals surface area contributed by atoms with Gasteiger partial charge in [-0.2, -0.15) is 5.10 Å². The number of carbonyl (C=O) groups is 1. The molecule has 1 aliphatic rings. The van der Waals surface area contributed by atoms with Crippen molar-refractivity contribution in [3.8, 4) is 0 Å². The SMILES string of the molecule is O=C(c1cccc(NCCn2cccn2)c1)N1CCC[C@H](O)C1. The Labute approximate surface area is 135 Å². The van der Waals surface area contributed by atoms with Crippen molar-refractivity contribution in [3.05, 3.63) is 48.3 Å². The first-order valence-corrected chi connectivity index (χ1v) is 8.01. The first-order valence-electron chi connectivity index (χ1n) is 8.01. The molecule has 2 heterocycles. The number of amides is 1. The molecule has 122 valence electrons. The molecule has 1 saturated heterocycles. The molecule has 3 rings (SSSR count). The van der Waals surface area contributed by atoms with Gasteiger partial charge in [0.25, 0.3) is 5.91 Å². The number of piperidine rings is 1. The number of carbonyl (C=O) groups excluding carboxylic acids is 1. The number of nitrogens with zero attached hydrogens (tertiary/aromatic N) is 3. The fourth-order valence-electron chi connectivity index (χ4n) is 2.83. The summed E-state index contributed by atoms with van der Waals surface area (Å²) in [5.74, 6) is -0.0144. The molecule has 0 spiro atoms. The summed E-state index contributed by atoms with van der Waals surface area (Å²) >= 11 is 0. The molecule has 6 nitrogen and oxygen atoms in total. The van der Waals surface area contributed by atoms with E-state index < -0.39 is 6.10 Å². The van der Waals surface area contributed by atoms with Crippen molar-refractivity contribution in [1.82, 2.24) is 14.7 Å². The quantitative estimate of drug-likeness (QED) is 0.879. The second-order valence-electron chi connectivity index (χ2n) is 5.82. The summed E-state index contributed by atoms with van der Waals surface area (Å²) in [7, 11) is 0. The molecule has 2 N–H and O–H groups in total. The lowest BCUT2D eigenvalue weighted by molar-refractivity contribution is 0.0474. The average Bonchev–Trinajstić information content (AvgIpc) is 3.08. The van der Waals surface area contributed by atoms with Crippen LogP contribution in [0.15, 0.2) is 42.7 Å². The Morgan fingerprint density at radius 3 is 3.09 bits per heavy atom. The zero-order valence-electron chi connectivity index (χ0n) is 13.1. The zero-order chi connectivity index (χ0) is 16.1. The standard InChI is InChI=1S/C17H22N4O2/c22-16-6-2-9-20(13-16)17(23)14-4-1-5-15(12-14)18-8-11-21-10-3-7-19-21/h1,3-5,7,10,12,16,18,22H,2,6,8-9,11,13H2/t16-/m0/s1. The lowest BCUT2D eigenvalue weighted by Gasteiger charge is -2.30. The second kappa shape index (κ2) is 7.28. The molecule has 0 saturated carbocycles. The number of aliphatic hydroxyl groups excluding tert-OH is 1. The number of nitrogens with one attached hydrogen (secondary N) is 1. The van der Waals surface area contributed by atoms with Gasteiger partial charge in [-0.15, -0.1) is 0 Å². The highest BCUT2D eigenvalue weighted by molar-refractivity contribution is 5.95. The Kier molecular flexibility index (Phi) is 4.92. The Hall–Kier alpha value is -2.34. The van der Waals surface area contributed by atoms with Crippen LogP contribution in [0.2, 0.25) is 0 Å². The molecule has 0 aliphatic carbocycles. The Morgan fingerprint density at radius 2 is 2.30 bits per heavy atom. The van der Waals surface area contributed by atoms with Crippen molar-refractivity contribution < 1.29 is 9.90 Å². The molecule has 1 fully saturated rings. The fraction of sp³-hybridized carbons (Fsp3) is 0.412. The molecule has 2 aromatic rings. The second-order valence-corrected chi connectivity index (χ2v) is 5.82. The van der Waals surface area contributed by atoms with Crippen LogP contribution in [-0.2, 0) is 6.54 Å². The van der Waals surface area contributed by atoms with Gasteiger partial charge in [-0.05, 0) is 37.1 Å². The normalized spacial score (nSPS) is 18.0. The van der Waals surface area contributed by atoms with Gasteiger partial charge in [-0.25, -0.2) is 0 Å². The first kappa shape index (κ1) is 15.6. The van der Waals surface area contributed by atoms with Gasteiger partial charge in [-0.1, -0.05) is 6.07 Å². The maximum Gasteiger partial charge on any atom is 0.254 e. The van der Waals surface area contributed by atoms with Crippen LogP contribution in [0.5, 0.6) is 0 Å². The van der Waals surface area contributed by atoms with E-state index in [2.05, 4.69) is 10.4 Å². The van der Waals surface area contributed by atoms with Gasteiger partial charge in [0.05, 0.1) is 12.6 Å². The van der Waals surface area contributed by atoms with Gasteiger partial charge in [0.1, 0.15) is 0 Å². The van der Waals surface area contributed by atoms with E-state index >= 15 is 0 Å². The topological polar surface area (TPSA) is 70.4 Å². The molecule has 1 aromatic heterocycles. The van der Waals surface area contributed by atoms with E-state index in [0.717, 1.165) is 31.6 Å². The highest BCUT2D eigenvalue weighted by Gasteiger charge is 2.23. The molecule has 1 aliphatic heterocycles. The van der Waals surface area contributed by atoms with E-state index in [9.17, 15) is 9.90 Å². The van der Waals surface area contributed by atoms with Crippen LogP contribution in [0.3, 0.4) is 0 Å². The van der Waals surface area contributed by atoms with E-state index in [1.54, 1.807) is 11.1 Å². The number of hydrogen-bond acceptors (Lipinski definition) is 4. The highest BCUT2D eigenvalue weighted by atomic mass is 16.3. The van der Waals surface area contributed by atoms with Crippen LogP contribution in [0.25, 0.3) is 0 Å². The highest BCUT2D eigenvalue weighted by Crippen LogP contribution is 2.16. The number of aromatic nitrogens is 2. The van der Waals surface area contributed by atoms with Gasteiger partial charge >= 0.3 is 0 Å². The number of rotatable bonds is 5. The number of hydrogen-bond donors (Lipinski definition) is 2. The number of likely N-dealkylation sites (tertiary alicyclic amines) is 1. The molecule has 0 bridgehead atoms. The Balaban J connectivity index is 1.59. The summed E-state index contributed by atoms with van der Waals surface area (Å²) < 4.78 is 1.86. The molecule has 1 amide bonds. The van der Waals surface area contributed by atoms with Crippen molar-refractivity contribution in [2.75, 3.05) is 25.0 Å². The summed E-state index contributed by atoms with van der Waals surface area (Å²) in [5, 5.41) is 17.2. The Morgan fingerprint density at radius 1 is 1.39 bits per heavy atom. The monoisotopic (exact) mass is 314 g/mol. The van der Waals surface area contributed by atoms with Crippen molar-refractivity contribution in [3.63, 3.8) is 0 Å². The van der Waals surface area contributed by atoms with Crippen molar-refractivity contribution in [1.29, 1.82) is 0 Å². The van der Waals surface area contributed by atoms with Crippen molar-refractivity contribution in [2.24, 2.45) is 0 Å². The van der Waals surface area contributed by atoms with E-state index in [0.29, 0.717) is 18.7 Å². The number of β-amino-alcohol motifs (C(OH)–C–C–N with tert-alkyl or cyclic N) is 1. The van der Waals surface area contributed by atoms with Gasteiger partial charge < -0.3 is 15.3 Å². The lowest BCUT2D eigenvalue weighted by Crippen LogP contribution is -2.42. The predicted octanol–water partition coefficient (Wildman–Crippen LogP) is 1.59. The first-order chi connectivity index (χ1) is 11.2. The molecule has 0 unspecified atom stereocenters. The summed E-state index contributed by atoms with van der Waals surface area (Å²) in [6.45, 7) is 2.65. The minimum absolute atomic E-state index is 0.0144. The van der Waals surface area contributed by atoms with Crippen LogP contribution in [-0.4, -0.2) is 51.4 Å². The van der Waals surface area contributed by atoms with Crippen LogP contribution >= 0.6 is 0 Å². The third-order valence-electron chi connectivity index (χ3n) is 4.02. The van der Waals surface area contributed by atoms with E-state index in [4.69, 9.17) is 0 Å². The smallest absolute Gasteiger partial charge is 0.254 e. The maximum atomic E-state index is 12.5. The third kappa shape index (κ3) is 4.10. The molecule has 1 aromatic carbocycles. The van der Waals surface area contributed by atoms with Gasteiger partial charge in [-0.3, -0.25) is 9.48 Å². The molecular weight excluding hydrogens is 292 g/mol. The largest absolute Gasteiger partial charge is 0.391 e. The number of benzene rings is 1. The average molecular weight is 314 g/mol. The van der Waals surface area contributed by atoms with Crippen LogP contribution in [0.4, 0.5) is 5.69 Å². The van der Waals surface area contributed by atoms with Gasteiger partial charge in [0.2, 0.25) is 0 Å². The molecule has 0 radical (unpaired) electrons. The predicted molar refractivity (Wildman–Crippen MR) is 88.3 cm³/mol. The molecule has 1 atom stereocenters. The Bertz CT molecular complexity index is 642. The van der Waals surface area contributed by atoms with Gasteiger partial charge in [0, 0.05) is 43.3 Å². The summed E-state index contributed by atoms with van der Waals surface area (Å²) in [6.07, 6.45) is 4.91. The van der Waals surface area contributed by atoms with Crippen molar-refractivity contribution >= 4 is 11.6 Å². The molecule has 6 heteroatoms. The van der Waals surface area contributed by atoms with E-state index in [1.165, 1.54) is 0 Å².